The van der Waals surface area contributed by atoms with Crippen LogP contribution in [0.3, 0.4) is 0 Å². The van der Waals surface area contributed by atoms with E-state index in [1.54, 1.807) is 44.3 Å². The van der Waals surface area contributed by atoms with Crippen LogP contribution >= 0.6 is 0 Å². The molecule has 0 amide bonds. The van der Waals surface area contributed by atoms with Crippen molar-refractivity contribution in [2.24, 2.45) is 0 Å². The Balaban J connectivity index is 2.23. The van der Waals surface area contributed by atoms with Gasteiger partial charge in [-0.2, -0.15) is 0 Å². The molecule has 3 nitrogen and oxygen atoms in total. The number of benzene rings is 1. The molecule has 1 heterocycles. The van der Waals surface area contributed by atoms with Gasteiger partial charge in [-0.05, 0) is 37.1 Å². The summed E-state index contributed by atoms with van der Waals surface area (Å²) in [6.07, 6.45) is 0.951. The Bertz CT molecular complexity index is 555. The van der Waals surface area contributed by atoms with Gasteiger partial charge in [-0.15, -0.1) is 0 Å². The SMILES string of the molecule is Cc1ccc(Oc2cc([C@@H](C)O)ccn2)cc1F. The predicted molar refractivity (Wildman–Crippen MR) is 66.1 cm³/mol. The normalized spacial score (nSPS) is 12.2. The highest BCUT2D eigenvalue weighted by Crippen LogP contribution is 2.23. The van der Waals surface area contributed by atoms with Crippen LogP contribution < -0.4 is 4.74 Å². The fourth-order valence-electron chi connectivity index (χ4n) is 1.50. The summed E-state index contributed by atoms with van der Waals surface area (Å²) >= 11 is 0. The molecule has 18 heavy (non-hydrogen) atoms. The van der Waals surface area contributed by atoms with E-state index in [4.69, 9.17) is 4.74 Å². The van der Waals surface area contributed by atoms with Gasteiger partial charge >= 0.3 is 0 Å². The molecule has 0 bridgehead atoms. The van der Waals surface area contributed by atoms with Gasteiger partial charge in [0.1, 0.15) is 11.6 Å². The second-order valence-corrected chi connectivity index (χ2v) is 4.12. The lowest BCUT2D eigenvalue weighted by Crippen LogP contribution is -1.94. The number of nitrogens with zero attached hydrogens (tertiary/aromatic N) is 1. The Hall–Kier alpha value is -1.94. The number of halogens is 1. The molecule has 2 aromatic rings. The highest BCUT2D eigenvalue weighted by Gasteiger charge is 2.06. The average Bonchev–Trinajstić information content (AvgIpc) is 2.34. The van der Waals surface area contributed by atoms with Crippen LogP contribution in [0.15, 0.2) is 36.5 Å². The smallest absolute Gasteiger partial charge is 0.219 e. The summed E-state index contributed by atoms with van der Waals surface area (Å²) in [7, 11) is 0. The van der Waals surface area contributed by atoms with E-state index in [-0.39, 0.29) is 5.82 Å². The first kappa shape index (κ1) is 12.5. The van der Waals surface area contributed by atoms with Crippen LogP contribution in [0.4, 0.5) is 4.39 Å². The lowest BCUT2D eigenvalue weighted by molar-refractivity contribution is 0.198. The standard InChI is InChI=1S/C14H14FNO2/c1-9-3-4-12(8-13(9)15)18-14-7-11(10(2)17)5-6-16-14/h3-8,10,17H,1-2H3/t10-/m1/s1. The van der Waals surface area contributed by atoms with E-state index >= 15 is 0 Å². The van der Waals surface area contributed by atoms with E-state index in [0.29, 0.717) is 22.8 Å². The number of rotatable bonds is 3. The van der Waals surface area contributed by atoms with Crippen molar-refractivity contribution < 1.29 is 14.2 Å². The fourth-order valence-corrected chi connectivity index (χ4v) is 1.50. The van der Waals surface area contributed by atoms with Crippen molar-refractivity contribution in [3.63, 3.8) is 0 Å². The average molecular weight is 247 g/mol. The molecule has 0 unspecified atom stereocenters. The summed E-state index contributed by atoms with van der Waals surface area (Å²) in [6.45, 7) is 3.34. The highest BCUT2D eigenvalue weighted by molar-refractivity contribution is 5.32. The Morgan fingerprint density at radius 2 is 2.06 bits per heavy atom. The highest BCUT2D eigenvalue weighted by atomic mass is 19.1. The van der Waals surface area contributed by atoms with Crippen LogP contribution in [0.2, 0.25) is 0 Å². The molecule has 1 N–H and O–H groups in total. The summed E-state index contributed by atoms with van der Waals surface area (Å²) in [5, 5.41) is 9.45. The zero-order chi connectivity index (χ0) is 13.1. The van der Waals surface area contributed by atoms with Gasteiger partial charge in [-0.3, -0.25) is 0 Å². The molecule has 1 aromatic carbocycles. The number of aliphatic hydroxyl groups is 1. The molecule has 0 fully saturated rings. The number of ether oxygens (including phenoxy) is 1. The maximum Gasteiger partial charge on any atom is 0.219 e. The van der Waals surface area contributed by atoms with Crippen molar-refractivity contribution in [1.29, 1.82) is 0 Å². The first-order valence-electron chi connectivity index (χ1n) is 5.64. The molecule has 0 radical (unpaired) electrons. The second-order valence-electron chi connectivity index (χ2n) is 4.12. The Kier molecular flexibility index (Phi) is 3.58. The van der Waals surface area contributed by atoms with Gasteiger partial charge in [0.2, 0.25) is 5.88 Å². The molecule has 4 heteroatoms. The molecule has 0 aliphatic carbocycles. The maximum absolute atomic E-state index is 13.3. The Labute approximate surface area is 105 Å². The number of aromatic nitrogens is 1. The van der Waals surface area contributed by atoms with Crippen LogP contribution in [0.25, 0.3) is 0 Å². The number of hydrogen-bond acceptors (Lipinski definition) is 3. The topological polar surface area (TPSA) is 42.4 Å². The molecular formula is C14H14FNO2. The zero-order valence-corrected chi connectivity index (χ0v) is 10.2. The molecular weight excluding hydrogens is 233 g/mol. The molecule has 0 aliphatic rings. The summed E-state index contributed by atoms with van der Waals surface area (Å²) in [5.41, 5.74) is 1.26. The summed E-state index contributed by atoms with van der Waals surface area (Å²) in [5.74, 6) is 0.393. The Morgan fingerprint density at radius 3 is 2.72 bits per heavy atom. The number of aryl methyl sites for hydroxylation is 1. The number of pyridine rings is 1. The van der Waals surface area contributed by atoms with Crippen molar-refractivity contribution >= 4 is 0 Å². The minimum atomic E-state index is -0.592. The van der Waals surface area contributed by atoms with E-state index in [2.05, 4.69) is 4.98 Å². The van der Waals surface area contributed by atoms with Crippen LogP contribution in [-0.2, 0) is 0 Å². The molecule has 1 aromatic heterocycles. The van der Waals surface area contributed by atoms with Crippen molar-refractivity contribution in [2.45, 2.75) is 20.0 Å². The molecule has 94 valence electrons. The van der Waals surface area contributed by atoms with E-state index in [1.165, 1.54) is 6.07 Å². The molecule has 1 atom stereocenters. The van der Waals surface area contributed by atoms with Crippen LogP contribution in [-0.4, -0.2) is 10.1 Å². The molecule has 0 saturated heterocycles. The minimum absolute atomic E-state index is 0.320. The number of hydrogen-bond donors (Lipinski definition) is 1. The largest absolute Gasteiger partial charge is 0.439 e. The van der Waals surface area contributed by atoms with Gasteiger partial charge in [0.25, 0.3) is 0 Å². The summed E-state index contributed by atoms with van der Waals surface area (Å²) < 4.78 is 18.8. The third-order valence-electron chi connectivity index (χ3n) is 2.61. The van der Waals surface area contributed by atoms with Crippen LogP contribution in [0.1, 0.15) is 24.2 Å². The number of aliphatic hydroxyl groups excluding tert-OH is 1. The third-order valence-corrected chi connectivity index (χ3v) is 2.61. The summed E-state index contributed by atoms with van der Waals surface area (Å²) in [6, 6.07) is 7.96. The zero-order valence-electron chi connectivity index (χ0n) is 10.2. The van der Waals surface area contributed by atoms with Gasteiger partial charge in [0.05, 0.1) is 6.10 Å². The van der Waals surface area contributed by atoms with Gasteiger partial charge < -0.3 is 9.84 Å². The minimum Gasteiger partial charge on any atom is -0.439 e. The first-order chi connectivity index (χ1) is 8.56. The first-order valence-corrected chi connectivity index (χ1v) is 5.64. The lowest BCUT2D eigenvalue weighted by atomic mass is 10.2. The van der Waals surface area contributed by atoms with Crippen LogP contribution in [0, 0.1) is 12.7 Å². The predicted octanol–water partition coefficient (Wildman–Crippen LogP) is 3.37. The quantitative estimate of drug-likeness (QED) is 0.904. The third kappa shape index (κ3) is 2.84. The van der Waals surface area contributed by atoms with Gasteiger partial charge in [-0.1, -0.05) is 6.07 Å². The van der Waals surface area contributed by atoms with E-state index in [9.17, 15) is 9.50 Å². The van der Waals surface area contributed by atoms with Crippen molar-refractivity contribution in [2.75, 3.05) is 0 Å². The van der Waals surface area contributed by atoms with Crippen molar-refractivity contribution in [3.8, 4) is 11.6 Å². The molecule has 0 saturated carbocycles. The lowest BCUT2D eigenvalue weighted by Gasteiger charge is -2.08. The summed E-state index contributed by atoms with van der Waals surface area (Å²) in [4.78, 5) is 4.01. The van der Waals surface area contributed by atoms with E-state index < -0.39 is 6.10 Å². The maximum atomic E-state index is 13.3. The fraction of sp³-hybridized carbons (Fsp3) is 0.214. The van der Waals surface area contributed by atoms with Gasteiger partial charge in [0, 0.05) is 18.3 Å². The van der Waals surface area contributed by atoms with Gasteiger partial charge in [-0.25, -0.2) is 9.37 Å². The Morgan fingerprint density at radius 1 is 1.28 bits per heavy atom. The second kappa shape index (κ2) is 5.14. The van der Waals surface area contributed by atoms with Crippen molar-refractivity contribution in [3.05, 3.63) is 53.5 Å². The van der Waals surface area contributed by atoms with E-state index in [1.807, 2.05) is 0 Å². The molecule has 2 rings (SSSR count). The van der Waals surface area contributed by atoms with Crippen LogP contribution in [0.5, 0.6) is 11.6 Å². The van der Waals surface area contributed by atoms with Crippen molar-refractivity contribution in [1.82, 2.24) is 4.98 Å². The van der Waals surface area contributed by atoms with E-state index in [0.717, 1.165) is 0 Å². The van der Waals surface area contributed by atoms with Gasteiger partial charge in [0.15, 0.2) is 0 Å². The monoisotopic (exact) mass is 247 g/mol. The molecule has 0 spiro atoms. The molecule has 0 aliphatic heterocycles.